The van der Waals surface area contributed by atoms with Crippen LogP contribution in [0.2, 0.25) is 0 Å². The number of amides is 2. The van der Waals surface area contributed by atoms with Crippen LogP contribution in [-0.4, -0.2) is 60.4 Å². The van der Waals surface area contributed by atoms with Gasteiger partial charge in [-0.1, -0.05) is 26.7 Å². The van der Waals surface area contributed by atoms with E-state index in [0.717, 1.165) is 32.6 Å². The zero-order valence-corrected chi connectivity index (χ0v) is 13.6. The van der Waals surface area contributed by atoms with Crippen LogP contribution in [0.4, 0.5) is 0 Å². The summed E-state index contributed by atoms with van der Waals surface area (Å²) in [4.78, 5) is 27.5. The number of nitrogens with zero attached hydrogens (tertiary/aromatic N) is 2. The number of carbonyl (C=O) groups is 2. The molecular weight excluding hydrogens is 266 g/mol. The first-order valence-electron chi connectivity index (χ1n) is 8.24. The minimum Gasteiger partial charge on any atom is -0.352 e. The molecule has 0 radical (unpaired) electrons. The average molecular weight is 295 g/mol. The molecule has 2 rings (SSSR count). The first-order chi connectivity index (χ1) is 9.97. The lowest BCUT2D eigenvalue weighted by atomic mass is 9.78. The van der Waals surface area contributed by atoms with E-state index in [1.165, 1.54) is 12.8 Å². The Kier molecular flexibility index (Phi) is 5.62. The summed E-state index contributed by atoms with van der Waals surface area (Å²) in [5, 5.41) is 3.22. The van der Waals surface area contributed by atoms with Crippen LogP contribution in [-0.2, 0) is 9.59 Å². The van der Waals surface area contributed by atoms with Crippen molar-refractivity contribution in [2.75, 3.05) is 32.7 Å². The average Bonchev–Trinajstić information content (AvgIpc) is 2.44. The Morgan fingerprint density at radius 1 is 1.10 bits per heavy atom. The molecule has 3 unspecified atom stereocenters. The van der Waals surface area contributed by atoms with Crippen LogP contribution in [0.25, 0.3) is 0 Å². The van der Waals surface area contributed by atoms with Crippen molar-refractivity contribution in [3.8, 4) is 0 Å². The molecule has 3 atom stereocenters. The molecule has 1 aliphatic heterocycles. The van der Waals surface area contributed by atoms with E-state index in [2.05, 4.69) is 24.1 Å². The summed E-state index contributed by atoms with van der Waals surface area (Å²) in [5.74, 6) is 1.53. The molecule has 0 bridgehead atoms. The van der Waals surface area contributed by atoms with Gasteiger partial charge in [0, 0.05) is 39.1 Å². The molecule has 0 aromatic heterocycles. The standard InChI is InChI=1S/C16H29N3O2/c1-12-5-4-6-15(13(12)2)17-16(21)11-18-7-9-19(10-8-18)14(3)20/h12-13,15H,4-11H2,1-3H3,(H,17,21). The van der Waals surface area contributed by atoms with E-state index in [1.807, 2.05) is 4.90 Å². The quantitative estimate of drug-likeness (QED) is 0.848. The first kappa shape index (κ1) is 16.3. The number of rotatable bonds is 3. The van der Waals surface area contributed by atoms with Crippen molar-refractivity contribution >= 4 is 11.8 Å². The Hall–Kier alpha value is -1.10. The fourth-order valence-corrected chi connectivity index (χ4v) is 3.46. The zero-order valence-electron chi connectivity index (χ0n) is 13.6. The number of hydrogen-bond acceptors (Lipinski definition) is 3. The molecule has 1 aliphatic carbocycles. The fraction of sp³-hybridized carbons (Fsp3) is 0.875. The monoisotopic (exact) mass is 295 g/mol. The Morgan fingerprint density at radius 3 is 2.38 bits per heavy atom. The summed E-state index contributed by atoms with van der Waals surface area (Å²) < 4.78 is 0. The van der Waals surface area contributed by atoms with E-state index in [1.54, 1.807) is 6.92 Å². The summed E-state index contributed by atoms with van der Waals surface area (Å²) in [7, 11) is 0. The van der Waals surface area contributed by atoms with Gasteiger partial charge in [-0.05, 0) is 18.3 Å². The van der Waals surface area contributed by atoms with Gasteiger partial charge >= 0.3 is 0 Å². The fourth-order valence-electron chi connectivity index (χ4n) is 3.46. The molecule has 0 aromatic rings. The van der Waals surface area contributed by atoms with E-state index in [9.17, 15) is 9.59 Å². The van der Waals surface area contributed by atoms with E-state index >= 15 is 0 Å². The third-order valence-corrected chi connectivity index (χ3v) is 5.24. The van der Waals surface area contributed by atoms with Crippen LogP contribution >= 0.6 is 0 Å². The third-order valence-electron chi connectivity index (χ3n) is 5.24. The van der Waals surface area contributed by atoms with Crippen molar-refractivity contribution in [1.29, 1.82) is 0 Å². The Balaban J connectivity index is 1.74. The van der Waals surface area contributed by atoms with Gasteiger partial charge in [0.2, 0.25) is 11.8 Å². The van der Waals surface area contributed by atoms with E-state index < -0.39 is 0 Å². The summed E-state index contributed by atoms with van der Waals surface area (Å²) in [5.41, 5.74) is 0. The summed E-state index contributed by atoms with van der Waals surface area (Å²) >= 11 is 0. The maximum Gasteiger partial charge on any atom is 0.234 e. The maximum atomic E-state index is 12.2. The number of nitrogens with one attached hydrogen (secondary N) is 1. The van der Waals surface area contributed by atoms with Gasteiger partial charge in [0.25, 0.3) is 0 Å². The number of carbonyl (C=O) groups excluding carboxylic acids is 2. The van der Waals surface area contributed by atoms with Crippen LogP contribution in [0.15, 0.2) is 0 Å². The third kappa shape index (κ3) is 4.43. The summed E-state index contributed by atoms with van der Waals surface area (Å²) in [6.07, 6.45) is 3.60. The molecule has 2 fully saturated rings. The molecule has 0 aromatic carbocycles. The van der Waals surface area contributed by atoms with Crippen molar-refractivity contribution in [2.45, 2.75) is 46.1 Å². The van der Waals surface area contributed by atoms with Gasteiger partial charge in [-0.25, -0.2) is 0 Å². The van der Waals surface area contributed by atoms with Gasteiger partial charge in [-0.3, -0.25) is 14.5 Å². The van der Waals surface area contributed by atoms with Gasteiger partial charge in [0.05, 0.1) is 6.54 Å². The summed E-state index contributed by atoms with van der Waals surface area (Å²) in [6, 6.07) is 0.333. The first-order valence-corrected chi connectivity index (χ1v) is 8.24. The molecule has 5 heteroatoms. The van der Waals surface area contributed by atoms with Gasteiger partial charge in [-0.2, -0.15) is 0 Å². The molecule has 1 saturated carbocycles. The molecule has 2 aliphatic rings. The number of piperazine rings is 1. The van der Waals surface area contributed by atoms with Gasteiger partial charge in [0.15, 0.2) is 0 Å². The second-order valence-electron chi connectivity index (χ2n) is 6.72. The van der Waals surface area contributed by atoms with Crippen LogP contribution in [0.1, 0.15) is 40.0 Å². The zero-order chi connectivity index (χ0) is 15.4. The minimum atomic E-state index is 0.129. The van der Waals surface area contributed by atoms with Crippen molar-refractivity contribution in [1.82, 2.24) is 15.1 Å². The predicted octanol–water partition coefficient (Wildman–Crippen LogP) is 1.09. The molecule has 0 spiro atoms. The van der Waals surface area contributed by atoms with Crippen molar-refractivity contribution in [3.63, 3.8) is 0 Å². The lowest BCUT2D eigenvalue weighted by molar-refractivity contribution is -0.131. The highest BCUT2D eigenvalue weighted by Gasteiger charge is 2.28. The molecule has 5 nitrogen and oxygen atoms in total. The highest BCUT2D eigenvalue weighted by molar-refractivity contribution is 5.78. The molecule has 1 saturated heterocycles. The number of hydrogen-bond donors (Lipinski definition) is 1. The Morgan fingerprint density at radius 2 is 1.76 bits per heavy atom. The minimum absolute atomic E-state index is 0.129. The van der Waals surface area contributed by atoms with Crippen molar-refractivity contribution in [2.24, 2.45) is 11.8 Å². The second-order valence-corrected chi connectivity index (χ2v) is 6.72. The maximum absolute atomic E-state index is 12.2. The highest BCUT2D eigenvalue weighted by Crippen LogP contribution is 2.29. The predicted molar refractivity (Wildman–Crippen MR) is 82.8 cm³/mol. The lowest BCUT2D eigenvalue weighted by Crippen LogP contribution is -2.52. The van der Waals surface area contributed by atoms with Gasteiger partial charge in [0.1, 0.15) is 0 Å². The molecule has 21 heavy (non-hydrogen) atoms. The SMILES string of the molecule is CC(=O)N1CCN(CC(=O)NC2CCCC(C)C2C)CC1. The topological polar surface area (TPSA) is 52.7 Å². The van der Waals surface area contributed by atoms with Crippen molar-refractivity contribution < 1.29 is 9.59 Å². The Labute approximate surface area is 128 Å². The second kappa shape index (κ2) is 7.25. The van der Waals surface area contributed by atoms with E-state index in [-0.39, 0.29) is 11.8 Å². The molecule has 1 heterocycles. The molecule has 120 valence electrons. The van der Waals surface area contributed by atoms with Crippen LogP contribution in [0, 0.1) is 11.8 Å². The summed E-state index contributed by atoms with van der Waals surface area (Å²) in [6.45, 7) is 9.66. The molecule has 2 amide bonds. The highest BCUT2D eigenvalue weighted by atomic mass is 16.2. The Bertz CT molecular complexity index is 378. The molecular formula is C16H29N3O2. The lowest BCUT2D eigenvalue weighted by Gasteiger charge is -2.36. The smallest absolute Gasteiger partial charge is 0.234 e. The van der Waals surface area contributed by atoms with Gasteiger partial charge in [-0.15, -0.1) is 0 Å². The van der Waals surface area contributed by atoms with Crippen LogP contribution < -0.4 is 5.32 Å². The van der Waals surface area contributed by atoms with E-state index in [4.69, 9.17) is 0 Å². The van der Waals surface area contributed by atoms with E-state index in [0.29, 0.717) is 24.4 Å². The normalized spacial score (nSPS) is 31.0. The van der Waals surface area contributed by atoms with Crippen LogP contribution in [0.3, 0.4) is 0 Å². The van der Waals surface area contributed by atoms with Crippen molar-refractivity contribution in [3.05, 3.63) is 0 Å². The van der Waals surface area contributed by atoms with Gasteiger partial charge < -0.3 is 10.2 Å². The van der Waals surface area contributed by atoms with Crippen LogP contribution in [0.5, 0.6) is 0 Å². The molecule has 1 N–H and O–H groups in total. The largest absolute Gasteiger partial charge is 0.352 e.